The number of fused-ring (bicyclic) bond motifs is 1. The molecule has 0 bridgehead atoms. The Labute approximate surface area is 102 Å². The average molecular weight is 245 g/mol. The van der Waals surface area contributed by atoms with Gasteiger partial charge in [0.05, 0.1) is 0 Å². The Morgan fingerprint density at radius 3 is 2.76 bits per heavy atom. The molecular formula is C11H11N5S. The standard InChI is InChI=1S/C11H11N5S/c1-6-3-4-8(5-7(6)2)9-13-14-11-16(9)15-10(12)17-11/h3-5H,1-2H3,(H2,12,15). The molecule has 0 saturated carbocycles. The van der Waals surface area contributed by atoms with Crippen molar-refractivity contribution in [3.05, 3.63) is 29.3 Å². The van der Waals surface area contributed by atoms with Gasteiger partial charge in [-0.2, -0.15) is 4.52 Å². The van der Waals surface area contributed by atoms with Crippen LogP contribution in [0.15, 0.2) is 18.2 Å². The summed E-state index contributed by atoms with van der Waals surface area (Å²) in [6.07, 6.45) is 0. The fourth-order valence-electron chi connectivity index (χ4n) is 1.69. The third-order valence-electron chi connectivity index (χ3n) is 2.77. The smallest absolute Gasteiger partial charge is 0.236 e. The Bertz CT molecular complexity index is 697. The van der Waals surface area contributed by atoms with Gasteiger partial charge in [-0.1, -0.05) is 23.5 Å². The predicted octanol–water partition coefficient (Wildman–Crippen LogP) is 2.05. The number of nitrogens with two attached hydrogens (primary N) is 1. The molecule has 5 nitrogen and oxygen atoms in total. The van der Waals surface area contributed by atoms with E-state index in [0.29, 0.717) is 5.13 Å². The van der Waals surface area contributed by atoms with E-state index >= 15 is 0 Å². The van der Waals surface area contributed by atoms with Crippen LogP contribution in [0, 0.1) is 13.8 Å². The summed E-state index contributed by atoms with van der Waals surface area (Å²) < 4.78 is 1.68. The van der Waals surface area contributed by atoms with Crippen molar-refractivity contribution in [2.45, 2.75) is 13.8 Å². The molecule has 6 heteroatoms. The third-order valence-corrected chi connectivity index (χ3v) is 3.50. The highest BCUT2D eigenvalue weighted by molar-refractivity contribution is 7.20. The molecule has 17 heavy (non-hydrogen) atoms. The molecule has 0 saturated heterocycles. The highest BCUT2D eigenvalue weighted by Crippen LogP contribution is 2.23. The van der Waals surface area contributed by atoms with Crippen molar-refractivity contribution in [2.75, 3.05) is 5.73 Å². The molecule has 3 aromatic rings. The summed E-state index contributed by atoms with van der Waals surface area (Å²) in [5.74, 6) is 0.732. The van der Waals surface area contributed by atoms with E-state index in [0.717, 1.165) is 16.3 Å². The van der Waals surface area contributed by atoms with Gasteiger partial charge in [-0.05, 0) is 31.0 Å². The minimum Gasteiger partial charge on any atom is -0.374 e. The molecule has 2 N–H and O–H groups in total. The maximum atomic E-state index is 5.65. The minimum absolute atomic E-state index is 0.500. The minimum atomic E-state index is 0.500. The number of nitrogens with zero attached hydrogens (tertiary/aromatic N) is 4. The monoisotopic (exact) mass is 245 g/mol. The van der Waals surface area contributed by atoms with Crippen LogP contribution in [0.5, 0.6) is 0 Å². The van der Waals surface area contributed by atoms with E-state index in [4.69, 9.17) is 5.73 Å². The van der Waals surface area contributed by atoms with Gasteiger partial charge in [-0.15, -0.1) is 15.3 Å². The summed E-state index contributed by atoms with van der Waals surface area (Å²) >= 11 is 1.33. The number of anilines is 1. The van der Waals surface area contributed by atoms with Gasteiger partial charge in [0.15, 0.2) is 5.82 Å². The molecule has 0 spiro atoms. The first-order chi connectivity index (χ1) is 8.15. The molecule has 0 unspecified atom stereocenters. The van der Waals surface area contributed by atoms with Crippen molar-refractivity contribution in [2.24, 2.45) is 0 Å². The number of hydrogen-bond acceptors (Lipinski definition) is 5. The summed E-state index contributed by atoms with van der Waals surface area (Å²) in [7, 11) is 0. The molecule has 0 aliphatic heterocycles. The fraction of sp³-hybridized carbons (Fsp3) is 0.182. The van der Waals surface area contributed by atoms with E-state index < -0.39 is 0 Å². The van der Waals surface area contributed by atoms with Gasteiger partial charge in [0.2, 0.25) is 10.1 Å². The van der Waals surface area contributed by atoms with Gasteiger partial charge in [-0.3, -0.25) is 0 Å². The first-order valence-electron chi connectivity index (χ1n) is 5.20. The SMILES string of the molecule is Cc1ccc(-c2nnc3sc(N)nn23)cc1C. The van der Waals surface area contributed by atoms with Crippen LogP contribution < -0.4 is 5.73 Å². The Morgan fingerprint density at radius 1 is 1.18 bits per heavy atom. The first-order valence-corrected chi connectivity index (χ1v) is 6.02. The summed E-state index contributed by atoms with van der Waals surface area (Å²) in [4.78, 5) is 0.718. The van der Waals surface area contributed by atoms with Gasteiger partial charge in [0.25, 0.3) is 0 Å². The highest BCUT2D eigenvalue weighted by Gasteiger charge is 2.12. The maximum Gasteiger partial charge on any atom is 0.236 e. The number of rotatable bonds is 1. The number of nitrogen functional groups attached to an aromatic ring is 1. The second-order valence-electron chi connectivity index (χ2n) is 3.96. The molecule has 1 aromatic carbocycles. The van der Waals surface area contributed by atoms with E-state index in [-0.39, 0.29) is 0 Å². The molecule has 0 amide bonds. The molecule has 2 heterocycles. The lowest BCUT2D eigenvalue weighted by Crippen LogP contribution is -1.93. The lowest BCUT2D eigenvalue weighted by atomic mass is 10.1. The van der Waals surface area contributed by atoms with Gasteiger partial charge < -0.3 is 5.73 Å². The topological polar surface area (TPSA) is 69.1 Å². The van der Waals surface area contributed by atoms with Crippen molar-refractivity contribution in [3.63, 3.8) is 0 Å². The zero-order valence-corrected chi connectivity index (χ0v) is 10.3. The highest BCUT2D eigenvalue weighted by atomic mass is 32.1. The van der Waals surface area contributed by atoms with Crippen LogP contribution in [0.2, 0.25) is 0 Å². The van der Waals surface area contributed by atoms with Gasteiger partial charge in [-0.25, -0.2) is 0 Å². The van der Waals surface area contributed by atoms with E-state index in [9.17, 15) is 0 Å². The van der Waals surface area contributed by atoms with Crippen LogP contribution >= 0.6 is 11.3 Å². The second-order valence-corrected chi connectivity index (χ2v) is 4.94. The van der Waals surface area contributed by atoms with Crippen molar-refractivity contribution in [1.29, 1.82) is 0 Å². The summed E-state index contributed by atoms with van der Waals surface area (Å²) in [5.41, 5.74) is 9.14. The van der Waals surface area contributed by atoms with Crippen LogP contribution in [-0.4, -0.2) is 19.8 Å². The molecule has 86 valence electrons. The molecule has 0 aliphatic carbocycles. The molecule has 0 fully saturated rings. The quantitative estimate of drug-likeness (QED) is 0.712. The summed E-state index contributed by atoms with van der Waals surface area (Å²) in [6, 6.07) is 6.18. The van der Waals surface area contributed by atoms with Gasteiger partial charge in [0.1, 0.15) is 0 Å². The van der Waals surface area contributed by atoms with Gasteiger partial charge >= 0.3 is 0 Å². The van der Waals surface area contributed by atoms with Crippen molar-refractivity contribution < 1.29 is 0 Å². The Morgan fingerprint density at radius 2 is 2.00 bits per heavy atom. The third kappa shape index (κ3) is 1.57. The predicted molar refractivity (Wildman–Crippen MR) is 68.0 cm³/mol. The van der Waals surface area contributed by atoms with Crippen LogP contribution in [-0.2, 0) is 0 Å². The molecule has 2 aromatic heterocycles. The second kappa shape index (κ2) is 3.53. The van der Waals surface area contributed by atoms with Gasteiger partial charge in [0, 0.05) is 5.56 Å². The Kier molecular flexibility index (Phi) is 2.12. The average Bonchev–Trinajstić information content (AvgIpc) is 2.81. The van der Waals surface area contributed by atoms with Crippen LogP contribution in [0.4, 0.5) is 5.13 Å². The molecule has 0 atom stereocenters. The lowest BCUT2D eigenvalue weighted by molar-refractivity contribution is 0.972. The van der Waals surface area contributed by atoms with E-state index in [1.54, 1.807) is 4.52 Å². The van der Waals surface area contributed by atoms with E-state index in [1.165, 1.54) is 22.5 Å². The van der Waals surface area contributed by atoms with E-state index in [2.05, 4.69) is 41.3 Å². The summed E-state index contributed by atoms with van der Waals surface area (Å²) in [6.45, 7) is 4.16. The Balaban J connectivity index is 2.22. The molecular weight excluding hydrogens is 234 g/mol. The fourth-order valence-corrected chi connectivity index (χ4v) is 2.30. The molecule has 3 rings (SSSR count). The lowest BCUT2D eigenvalue weighted by Gasteiger charge is -2.02. The number of aromatic nitrogens is 4. The van der Waals surface area contributed by atoms with Crippen LogP contribution in [0.25, 0.3) is 16.3 Å². The van der Waals surface area contributed by atoms with Crippen molar-refractivity contribution in [3.8, 4) is 11.4 Å². The number of aryl methyl sites for hydroxylation is 2. The Hall–Kier alpha value is -1.95. The zero-order valence-electron chi connectivity index (χ0n) is 9.51. The van der Waals surface area contributed by atoms with Crippen LogP contribution in [0.1, 0.15) is 11.1 Å². The largest absolute Gasteiger partial charge is 0.374 e. The van der Waals surface area contributed by atoms with Crippen LogP contribution in [0.3, 0.4) is 0 Å². The van der Waals surface area contributed by atoms with Crippen molar-refractivity contribution >= 4 is 21.4 Å². The number of benzene rings is 1. The number of hydrogen-bond donors (Lipinski definition) is 1. The molecule has 0 radical (unpaired) electrons. The zero-order chi connectivity index (χ0) is 12.0. The first kappa shape index (κ1) is 10.2. The maximum absolute atomic E-state index is 5.65. The summed E-state index contributed by atoms with van der Waals surface area (Å²) in [5, 5.41) is 12.9. The normalized spacial score (nSPS) is 11.2. The van der Waals surface area contributed by atoms with Crippen molar-refractivity contribution in [1.82, 2.24) is 19.8 Å². The van der Waals surface area contributed by atoms with E-state index in [1.807, 2.05) is 6.07 Å². The molecule has 0 aliphatic rings.